The molecule has 20 heavy (non-hydrogen) atoms. The molecule has 3 rings (SSSR count). The highest BCUT2D eigenvalue weighted by Gasteiger charge is 2.32. The van der Waals surface area contributed by atoms with Crippen molar-refractivity contribution in [1.82, 2.24) is 0 Å². The predicted octanol–water partition coefficient (Wildman–Crippen LogP) is 3.08. The van der Waals surface area contributed by atoms with E-state index in [4.69, 9.17) is 4.74 Å². The van der Waals surface area contributed by atoms with Gasteiger partial charge in [0.1, 0.15) is 0 Å². The van der Waals surface area contributed by atoms with Gasteiger partial charge in [-0.05, 0) is 29.2 Å². The molecule has 2 atom stereocenters. The predicted molar refractivity (Wildman–Crippen MR) is 75.5 cm³/mol. The number of ether oxygens (including phenoxy) is 1. The molecular weight excluding hydrogens is 255 g/mol. The molecule has 0 bridgehead atoms. The van der Waals surface area contributed by atoms with Crippen molar-refractivity contribution < 1.29 is 14.2 Å². The fourth-order valence-electron chi connectivity index (χ4n) is 2.88. The Morgan fingerprint density at radius 3 is 2.80 bits per heavy atom. The minimum atomic E-state index is -0.563. The Kier molecular flexibility index (Phi) is 3.45. The maximum absolute atomic E-state index is 14.1. The van der Waals surface area contributed by atoms with Crippen molar-refractivity contribution in [1.29, 1.82) is 0 Å². The van der Waals surface area contributed by atoms with Crippen LogP contribution in [-0.4, -0.2) is 18.3 Å². The van der Waals surface area contributed by atoms with E-state index in [2.05, 4.69) is 6.07 Å². The Balaban J connectivity index is 1.76. The summed E-state index contributed by atoms with van der Waals surface area (Å²) in [6.45, 7) is 0. The first-order chi connectivity index (χ1) is 9.70. The Morgan fingerprint density at radius 1 is 1.25 bits per heavy atom. The minimum Gasteiger partial charge on any atom is -0.494 e. The Labute approximate surface area is 117 Å². The normalized spacial score (nSPS) is 18.1. The first-order valence-electron chi connectivity index (χ1n) is 6.78. The molecule has 0 aliphatic heterocycles. The molecule has 0 amide bonds. The van der Waals surface area contributed by atoms with Crippen LogP contribution in [0.5, 0.6) is 5.75 Å². The summed E-state index contributed by atoms with van der Waals surface area (Å²) < 4.78 is 19.0. The Bertz CT molecular complexity index is 624. The number of rotatable bonds is 4. The molecule has 2 unspecified atom stereocenters. The van der Waals surface area contributed by atoms with Crippen molar-refractivity contribution in [2.45, 2.75) is 24.9 Å². The number of aliphatic hydroxyl groups is 1. The van der Waals surface area contributed by atoms with Gasteiger partial charge in [-0.1, -0.05) is 36.4 Å². The third-order valence-corrected chi connectivity index (χ3v) is 4.05. The van der Waals surface area contributed by atoms with Gasteiger partial charge >= 0.3 is 0 Å². The van der Waals surface area contributed by atoms with Crippen LogP contribution < -0.4 is 4.74 Å². The Morgan fingerprint density at radius 2 is 2.05 bits per heavy atom. The van der Waals surface area contributed by atoms with Crippen LogP contribution in [0.4, 0.5) is 4.39 Å². The number of benzene rings is 2. The molecule has 3 heteroatoms. The number of hydrogen-bond acceptors (Lipinski definition) is 2. The highest BCUT2D eigenvalue weighted by atomic mass is 19.1. The molecule has 2 nitrogen and oxygen atoms in total. The van der Waals surface area contributed by atoms with Crippen molar-refractivity contribution in [3.8, 4) is 5.75 Å². The van der Waals surface area contributed by atoms with Crippen LogP contribution in [0.25, 0.3) is 0 Å². The molecule has 0 heterocycles. The summed E-state index contributed by atoms with van der Waals surface area (Å²) in [5.74, 6) is -0.0397. The smallest absolute Gasteiger partial charge is 0.168 e. The summed E-state index contributed by atoms with van der Waals surface area (Å²) in [5, 5.41) is 10.3. The highest BCUT2D eigenvalue weighted by molar-refractivity contribution is 5.41. The highest BCUT2D eigenvalue weighted by Crippen LogP contribution is 2.38. The van der Waals surface area contributed by atoms with Gasteiger partial charge in [0.25, 0.3) is 0 Å². The second kappa shape index (κ2) is 5.25. The molecule has 104 valence electrons. The number of methoxy groups -OCH3 is 1. The van der Waals surface area contributed by atoms with Crippen molar-refractivity contribution in [3.05, 3.63) is 65.0 Å². The fraction of sp³-hybridized carbons (Fsp3) is 0.294. The van der Waals surface area contributed by atoms with Gasteiger partial charge in [-0.2, -0.15) is 0 Å². The average Bonchev–Trinajstić information content (AvgIpc) is 2.42. The van der Waals surface area contributed by atoms with Crippen LogP contribution in [0, 0.1) is 5.82 Å². The van der Waals surface area contributed by atoms with Crippen molar-refractivity contribution >= 4 is 0 Å². The van der Waals surface area contributed by atoms with Crippen molar-refractivity contribution in [3.63, 3.8) is 0 Å². The van der Waals surface area contributed by atoms with Crippen LogP contribution >= 0.6 is 0 Å². The van der Waals surface area contributed by atoms with Crippen LogP contribution in [-0.2, 0) is 12.8 Å². The van der Waals surface area contributed by atoms with E-state index in [9.17, 15) is 9.50 Å². The van der Waals surface area contributed by atoms with Crippen molar-refractivity contribution in [2.75, 3.05) is 7.11 Å². The van der Waals surface area contributed by atoms with E-state index < -0.39 is 6.10 Å². The van der Waals surface area contributed by atoms with Crippen LogP contribution in [0.2, 0.25) is 0 Å². The third kappa shape index (κ3) is 2.18. The lowest BCUT2D eigenvalue weighted by atomic mass is 9.73. The third-order valence-electron chi connectivity index (χ3n) is 4.05. The maximum atomic E-state index is 14.1. The molecule has 2 aromatic carbocycles. The molecule has 1 aliphatic carbocycles. The lowest BCUT2D eigenvalue weighted by Crippen LogP contribution is -2.30. The second-order valence-corrected chi connectivity index (χ2v) is 5.21. The molecule has 0 fully saturated rings. The lowest BCUT2D eigenvalue weighted by molar-refractivity contribution is 0.132. The number of halogens is 1. The summed E-state index contributed by atoms with van der Waals surface area (Å²) in [6.07, 6.45) is 0.608. The quantitative estimate of drug-likeness (QED) is 0.927. The molecule has 2 aromatic rings. The van der Waals surface area contributed by atoms with E-state index in [-0.39, 0.29) is 17.5 Å². The number of hydrogen-bond donors (Lipinski definition) is 1. The van der Waals surface area contributed by atoms with Gasteiger partial charge in [-0.25, -0.2) is 4.39 Å². The zero-order chi connectivity index (χ0) is 14.1. The standard InChI is InChI=1S/C17H17FO2/c1-20-16-8-4-6-12(17(16)18)10-15(19)14-9-11-5-2-3-7-13(11)14/h2-8,14-15,19H,9-10H2,1H3. The topological polar surface area (TPSA) is 29.5 Å². The van der Waals surface area contributed by atoms with Gasteiger partial charge in [0.15, 0.2) is 11.6 Å². The summed E-state index contributed by atoms with van der Waals surface area (Å²) in [6, 6.07) is 13.1. The zero-order valence-electron chi connectivity index (χ0n) is 11.3. The van der Waals surface area contributed by atoms with Gasteiger partial charge in [0.2, 0.25) is 0 Å². The van der Waals surface area contributed by atoms with Gasteiger partial charge in [0, 0.05) is 12.3 Å². The molecule has 0 spiro atoms. The zero-order valence-corrected chi connectivity index (χ0v) is 11.3. The average molecular weight is 272 g/mol. The molecule has 0 saturated carbocycles. The van der Waals surface area contributed by atoms with E-state index in [0.29, 0.717) is 12.0 Å². The van der Waals surface area contributed by atoms with Crippen molar-refractivity contribution in [2.24, 2.45) is 0 Å². The first-order valence-corrected chi connectivity index (χ1v) is 6.78. The van der Waals surface area contributed by atoms with Gasteiger partial charge < -0.3 is 9.84 Å². The maximum Gasteiger partial charge on any atom is 0.168 e. The molecule has 0 aromatic heterocycles. The van der Waals surface area contributed by atoms with Crippen LogP contribution in [0.15, 0.2) is 42.5 Å². The fourth-order valence-corrected chi connectivity index (χ4v) is 2.88. The van der Waals surface area contributed by atoms with Gasteiger partial charge in [-0.3, -0.25) is 0 Å². The van der Waals surface area contributed by atoms with Crippen LogP contribution in [0.1, 0.15) is 22.6 Å². The largest absolute Gasteiger partial charge is 0.494 e. The second-order valence-electron chi connectivity index (χ2n) is 5.21. The van der Waals surface area contributed by atoms with Gasteiger partial charge in [-0.15, -0.1) is 0 Å². The molecule has 0 saturated heterocycles. The summed E-state index contributed by atoms with van der Waals surface area (Å²) in [4.78, 5) is 0. The monoisotopic (exact) mass is 272 g/mol. The first kappa shape index (κ1) is 13.1. The SMILES string of the molecule is COc1cccc(CC(O)C2Cc3ccccc32)c1F. The molecule has 1 N–H and O–H groups in total. The van der Waals surface area contributed by atoms with E-state index in [0.717, 1.165) is 6.42 Å². The lowest BCUT2D eigenvalue weighted by Gasteiger charge is -2.34. The molecule has 0 radical (unpaired) electrons. The van der Waals surface area contributed by atoms with Gasteiger partial charge in [0.05, 0.1) is 13.2 Å². The van der Waals surface area contributed by atoms with E-state index in [1.807, 2.05) is 18.2 Å². The molecule has 1 aliphatic rings. The number of fused-ring (bicyclic) bond motifs is 1. The molecular formula is C17H17FO2. The van der Waals surface area contributed by atoms with E-state index in [1.165, 1.54) is 18.2 Å². The van der Waals surface area contributed by atoms with E-state index in [1.54, 1.807) is 18.2 Å². The minimum absolute atomic E-state index is 0.108. The summed E-state index contributed by atoms with van der Waals surface area (Å²) in [5.41, 5.74) is 2.96. The summed E-state index contributed by atoms with van der Waals surface area (Å²) >= 11 is 0. The van der Waals surface area contributed by atoms with Crippen LogP contribution in [0.3, 0.4) is 0 Å². The van der Waals surface area contributed by atoms with E-state index >= 15 is 0 Å². The number of aliphatic hydroxyl groups excluding tert-OH is 1. The summed E-state index contributed by atoms with van der Waals surface area (Å²) in [7, 11) is 1.45. The Hall–Kier alpha value is -1.87.